The number of allylic oxidation sites excluding steroid dienone is 13. The maximum Gasteiger partial charge on any atom is 0.472 e. The highest BCUT2D eigenvalue weighted by molar-refractivity contribution is 7.47. The van der Waals surface area contributed by atoms with E-state index in [-0.39, 0.29) is 31.5 Å². The molecule has 1 amide bonds. The van der Waals surface area contributed by atoms with Gasteiger partial charge in [0.25, 0.3) is 0 Å². The van der Waals surface area contributed by atoms with E-state index in [4.69, 9.17) is 13.8 Å². The van der Waals surface area contributed by atoms with Crippen molar-refractivity contribution < 1.29 is 37.3 Å². The summed E-state index contributed by atoms with van der Waals surface area (Å²) in [7, 11) is 1.46. The summed E-state index contributed by atoms with van der Waals surface area (Å²) in [5, 5.41) is 3.03. The lowest BCUT2D eigenvalue weighted by Gasteiger charge is -2.27. The van der Waals surface area contributed by atoms with Gasteiger partial charge < -0.3 is 19.4 Å². The number of amides is 1. The number of carbonyl (C=O) groups is 2. The molecule has 0 aromatic rings. The molecule has 0 aliphatic rings. The molecule has 3 atom stereocenters. The Morgan fingerprint density at radius 3 is 1.42 bits per heavy atom. The minimum absolute atomic E-state index is 0.0302. The molecule has 0 spiro atoms. The molecule has 2 N–H and O–H groups in total. The van der Waals surface area contributed by atoms with E-state index < -0.39 is 20.0 Å². The standard InChI is InChI=1S/C57H101N2O7P/c1-7-10-13-16-19-22-25-28-29-32-34-37-40-43-46-49-56(60)58-54(53-65-67(62,63)64-52-51-59(4,5)6)55(48-45-42-39-36-33-30-26-23-20-17-14-11-8-2)66-57(61)50-47-44-41-38-35-31-27-24-21-18-15-12-9-3/h10,12-13,15-16,18-19,21-22,24-25,27,45,48,54-55H,7-9,11,14,17,20,23,26,28-44,46-47,49-53H2,1-6H3,(H-,58,60,62,63)/p+1/b13-10+,15-12+,19-16+,21-18+,25-22+,27-24-,48-45+. The van der Waals surface area contributed by atoms with Crippen molar-refractivity contribution in [2.45, 2.75) is 226 Å². The van der Waals surface area contributed by atoms with E-state index in [1.54, 1.807) is 0 Å². The van der Waals surface area contributed by atoms with E-state index >= 15 is 0 Å². The molecule has 0 bridgehead atoms. The monoisotopic (exact) mass is 958 g/mol. The fourth-order valence-corrected chi connectivity index (χ4v) is 8.03. The number of unbranched alkanes of at least 4 members (excludes halogenated alkanes) is 23. The van der Waals surface area contributed by atoms with Gasteiger partial charge in [0.1, 0.15) is 19.3 Å². The van der Waals surface area contributed by atoms with Gasteiger partial charge >= 0.3 is 13.8 Å². The zero-order valence-corrected chi connectivity index (χ0v) is 44.8. The van der Waals surface area contributed by atoms with Crippen molar-refractivity contribution in [1.82, 2.24) is 5.32 Å². The first-order chi connectivity index (χ1) is 32.4. The van der Waals surface area contributed by atoms with Crippen LogP contribution in [-0.4, -0.2) is 74.3 Å². The van der Waals surface area contributed by atoms with Gasteiger partial charge in [-0.05, 0) is 70.3 Å². The van der Waals surface area contributed by atoms with E-state index in [9.17, 15) is 19.0 Å². The number of nitrogens with zero attached hydrogens (tertiary/aromatic N) is 1. The average molecular weight is 958 g/mol. The van der Waals surface area contributed by atoms with E-state index in [2.05, 4.69) is 99.0 Å². The van der Waals surface area contributed by atoms with Crippen LogP contribution in [0.4, 0.5) is 0 Å². The Morgan fingerprint density at radius 2 is 0.955 bits per heavy atom. The molecule has 0 rings (SSSR count). The van der Waals surface area contributed by atoms with Crippen molar-refractivity contribution in [3.63, 3.8) is 0 Å². The highest BCUT2D eigenvalue weighted by Gasteiger charge is 2.30. The zero-order chi connectivity index (χ0) is 49.4. The molecule has 0 aromatic heterocycles. The first-order valence-electron chi connectivity index (χ1n) is 27.0. The van der Waals surface area contributed by atoms with Crippen molar-refractivity contribution in [1.29, 1.82) is 0 Å². The molecule has 386 valence electrons. The molecule has 0 fully saturated rings. The fourth-order valence-electron chi connectivity index (χ4n) is 7.29. The number of likely N-dealkylation sites (N-methyl/N-ethyl adjacent to an activating group) is 1. The number of phosphoric ester groups is 1. The van der Waals surface area contributed by atoms with E-state index in [0.717, 1.165) is 96.3 Å². The predicted octanol–water partition coefficient (Wildman–Crippen LogP) is 15.9. The van der Waals surface area contributed by atoms with Crippen LogP contribution >= 0.6 is 7.82 Å². The Balaban J connectivity index is 5.47. The molecule has 0 aromatic carbocycles. The number of carbonyl (C=O) groups excluding carboxylic acids is 2. The maximum absolute atomic E-state index is 13.5. The minimum atomic E-state index is -4.45. The third-order valence-electron chi connectivity index (χ3n) is 11.5. The van der Waals surface area contributed by atoms with Crippen molar-refractivity contribution in [2.75, 3.05) is 40.9 Å². The molecule has 0 saturated heterocycles. The quantitative estimate of drug-likeness (QED) is 0.0156. The molecule has 0 heterocycles. The molecule has 9 nitrogen and oxygen atoms in total. The maximum atomic E-state index is 13.5. The molecule has 0 aliphatic carbocycles. The Morgan fingerprint density at radius 1 is 0.537 bits per heavy atom. The topological polar surface area (TPSA) is 111 Å². The van der Waals surface area contributed by atoms with Crippen LogP contribution in [0.3, 0.4) is 0 Å². The van der Waals surface area contributed by atoms with Gasteiger partial charge in [-0.1, -0.05) is 215 Å². The van der Waals surface area contributed by atoms with Gasteiger partial charge in [-0.25, -0.2) is 4.57 Å². The van der Waals surface area contributed by atoms with Crippen LogP contribution in [0.2, 0.25) is 0 Å². The Labute approximate surface area is 412 Å². The van der Waals surface area contributed by atoms with Crippen LogP contribution < -0.4 is 5.32 Å². The second-order valence-corrected chi connectivity index (χ2v) is 20.6. The summed E-state index contributed by atoms with van der Waals surface area (Å²) >= 11 is 0. The second kappa shape index (κ2) is 46.9. The van der Waals surface area contributed by atoms with Crippen molar-refractivity contribution >= 4 is 19.7 Å². The number of rotatable bonds is 47. The highest BCUT2D eigenvalue weighted by atomic mass is 31.2. The van der Waals surface area contributed by atoms with Gasteiger partial charge in [-0.2, -0.15) is 0 Å². The Kier molecular flexibility index (Phi) is 44.9. The molecule has 0 saturated carbocycles. The zero-order valence-electron chi connectivity index (χ0n) is 43.9. The molecule has 0 aliphatic heterocycles. The van der Waals surface area contributed by atoms with E-state index in [1.807, 2.05) is 33.3 Å². The van der Waals surface area contributed by atoms with Gasteiger partial charge in [0.05, 0.1) is 33.8 Å². The summed E-state index contributed by atoms with van der Waals surface area (Å²) < 4.78 is 30.5. The summed E-state index contributed by atoms with van der Waals surface area (Å²) in [4.78, 5) is 37.5. The fraction of sp³-hybridized carbons (Fsp3) is 0.719. The van der Waals surface area contributed by atoms with Gasteiger partial charge in [-0.3, -0.25) is 18.6 Å². The normalized spacial score (nSPS) is 14.6. The first kappa shape index (κ1) is 64.2. The van der Waals surface area contributed by atoms with Gasteiger partial charge in [0, 0.05) is 12.8 Å². The van der Waals surface area contributed by atoms with Crippen molar-refractivity contribution in [3.05, 3.63) is 85.1 Å². The predicted molar refractivity (Wildman–Crippen MR) is 286 cm³/mol. The molecule has 67 heavy (non-hydrogen) atoms. The Hall–Kier alpha value is -2.81. The first-order valence-corrected chi connectivity index (χ1v) is 28.5. The van der Waals surface area contributed by atoms with Gasteiger partial charge in [-0.15, -0.1) is 0 Å². The van der Waals surface area contributed by atoms with Crippen LogP contribution in [0, 0.1) is 0 Å². The summed E-state index contributed by atoms with van der Waals surface area (Å²) in [6.07, 6.45) is 60.0. The number of hydrogen-bond donors (Lipinski definition) is 2. The van der Waals surface area contributed by atoms with Crippen LogP contribution in [-0.2, 0) is 27.9 Å². The third kappa shape index (κ3) is 48.0. The van der Waals surface area contributed by atoms with E-state index in [0.29, 0.717) is 23.9 Å². The minimum Gasteiger partial charge on any atom is -0.456 e. The number of esters is 1. The number of hydrogen-bond acceptors (Lipinski definition) is 6. The molecule has 3 unspecified atom stereocenters. The largest absolute Gasteiger partial charge is 0.472 e. The smallest absolute Gasteiger partial charge is 0.456 e. The van der Waals surface area contributed by atoms with Crippen molar-refractivity contribution in [2.24, 2.45) is 0 Å². The Bertz CT molecular complexity index is 1430. The molecule has 0 radical (unpaired) electrons. The average Bonchev–Trinajstić information content (AvgIpc) is 3.28. The second-order valence-electron chi connectivity index (χ2n) is 19.1. The lowest BCUT2D eigenvalue weighted by molar-refractivity contribution is -0.870. The summed E-state index contributed by atoms with van der Waals surface area (Å²) in [6.45, 7) is 6.70. The van der Waals surface area contributed by atoms with Gasteiger partial charge in [0.15, 0.2) is 0 Å². The molecular weight excluding hydrogens is 856 g/mol. The number of nitrogens with one attached hydrogen (secondary N) is 1. The highest BCUT2D eigenvalue weighted by Crippen LogP contribution is 2.43. The third-order valence-corrected chi connectivity index (χ3v) is 12.4. The summed E-state index contributed by atoms with van der Waals surface area (Å²) in [6, 6.07) is -0.865. The summed E-state index contributed by atoms with van der Waals surface area (Å²) in [5.74, 6) is -0.549. The molecule has 10 heteroatoms. The lowest BCUT2D eigenvalue weighted by Crippen LogP contribution is -2.47. The van der Waals surface area contributed by atoms with Crippen LogP contribution in [0.5, 0.6) is 0 Å². The number of phosphoric acid groups is 1. The lowest BCUT2D eigenvalue weighted by atomic mass is 10.0. The number of ether oxygens (including phenoxy) is 1. The van der Waals surface area contributed by atoms with Gasteiger partial charge in [0.2, 0.25) is 5.91 Å². The van der Waals surface area contributed by atoms with Crippen molar-refractivity contribution in [3.8, 4) is 0 Å². The molecular formula is C57H102N2O7P+. The summed E-state index contributed by atoms with van der Waals surface area (Å²) in [5.41, 5.74) is 0. The SMILES string of the molecule is CC/C=C/C=C/C=C\CCCCCCCC(=O)OC(/C=C/CCCCCCCCCCCCC)C(COP(=O)(O)OCC[N+](C)(C)C)NC(=O)CCCCCCCCC/C=C/C=C/C=C/CC. The number of quaternary nitrogens is 1. The van der Waals surface area contributed by atoms with E-state index in [1.165, 1.54) is 77.0 Å². The van der Waals surface area contributed by atoms with Crippen LogP contribution in [0.15, 0.2) is 85.1 Å². The van der Waals surface area contributed by atoms with Crippen LogP contribution in [0.25, 0.3) is 0 Å². The van der Waals surface area contributed by atoms with Crippen LogP contribution in [0.1, 0.15) is 213 Å².